The molecule has 0 atom stereocenters. The van der Waals surface area contributed by atoms with Crippen molar-refractivity contribution in [2.24, 2.45) is 0 Å². The number of hydrogen-bond donors (Lipinski definition) is 0. The smallest absolute Gasteiger partial charge is 0.165 e. The monoisotopic (exact) mass is 775 g/mol. The summed E-state index contributed by atoms with van der Waals surface area (Å²) < 4.78 is 8.89. The van der Waals surface area contributed by atoms with Gasteiger partial charge in [-0.3, -0.25) is 4.57 Å². The summed E-state index contributed by atoms with van der Waals surface area (Å²) in [6.07, 6.45) is 0. The van der Waals surface area contributed by atoms with Gasteiger partial charge < -0.3 is 4.42 Å². The van der Waals surface area contributed by atoms with Crippen LogP contribution in [0, 0.1) is 0 Å². The van der Waals surface area contributed by atoms with Crippen LogP contribution in [-0.4, -0.2) is 14.5 Å². The molecule has 3 heterocycles. The van der Waals surface area contributed by atoms with Crippen molar-refractivity contribution in [3.8, 4) is 50.5 Å². The zero-order chi connectivity index (χ0) is 39.8. The van der Waals surface area contributed by atoms with Gasteiger partial charge in [-0.2, -0.15) is 0 Å². The molecule has 14 rings (SSSR count). The molecule has 0 radical (unpaired) electrons. The molecule has 0 saturated carbocycles. The molecule has 0 saturated heterocycles. The largest absolute Gasteiger partial charge is 0.456 e. The third kappa shape index (κ3) is 4.28. The summed E-state index contributed by atoms with van der Waals surface area (Å²) in [6.45, 7) is 0. The van der Waals surface area contributed by atoms with Crippen molar-refractivity contribution in [3.05, 3.63) is 222 Å². The van der Waals surface area contributed by atoms with Crippen LogP contribution in [0.1, 0.15) is 22.3 Å². The summed E-state index contributed by atoms with van der Waals surface area (Å²) in [6, 6.07) is 72.3. The van der Waals surface area contributed by atoms with Crippen LogP contribution in [0.4, 0.5) is 0 Å². The highest BCUT2D eigenvalue weighted by Crippen LogP contribution is 2.64. The van der Waals surface area contributed by atoms with Crippen molar-refractivity contribution >= 4 is 54.8 Å². The topological polar surface area (TPSA) is 43.9 Å². The fraction of sp³-hybridized carbons (Fsp3) is 0.0175. The van der Waals surface area contributed by atoms with Crippen LogP contribution >= 0.6 is 0 Å². The Morgan fingerprint density at radius 3 is 1.77 bits per heavy atom. The molecule has 0 fully saturated rings. The number of benzene rings is 9. The molecule has 1 spiro atoms. The zero-order valence-corrected chi connectivity index (χ0v) is 32.8. The van der Waals surface area contributed by atoms with Crippen molar-refractivity contribution in [1.82, 2.24) is 14.5 Å². The van der Waals surface area contributed by atoms with Gasteiger partial charge in [0.15, 0.2) is 5.82 Å². The predicted octanol–water partition coefficient (Wildman–Crippen LogP) is 14.3. The number of para-hydroxylation sites is 3. The predicted molar refractivity (Wildman–Crippen MR) is 248 cm³/mol. The van der Waals surface area contributed by atoms with E-state index in [2.05, 4.69) is 193 Å². The Morgan fingerprint density at radius 2 is 0.984 bits per heavy atom. The molecule has 4 nitrogen and oxygen atoms in total. The molecule has 2 aliphatic carbocycles. The molecule has 0 bridgehead atoms. The molecule has 0 N–H and O–H groups in total. The van der Waals surface area contributed by atoms with E-state index in [1.54, 1.807) is 0 Å². The van der Waals surface area contributed by atoms with Gasteiger partial charge in [0.1, 0.15) is 16.9 Å². The summed E-state index contributed by atoms with van der Waals surface area (Å²) in [4.78, 5) is 11.3. The average molecular weight is 776 g/mol. The summed E-state index contributed by atoms with van der Waals surface area (Å²) >= 11 is 0. The second-order valence-corrected chi connectivity index (χ2v) is 16.4. The standard InChI is InChI=1S/C57H33N3O/c1-2-15-34(16-3-1)35-29-30-50-41(31-35)42-33-53-43(38-19-7-13-28-52(38)61-53)32-51(42)60(50)56-55(58-48-26-11-12-27-49(48)59-56)40-21-14-25-47-54(40)39-20-6-10-24-46(39)57(47)44-22-8-4-17-36(44)37-18-5-9-23-45(37)57/h1-33H. The van der Waals surface area contributed by atoms with E-state index in [9.17, 15) is 0 Å². The molecule has 4 heteroatoms. The van der Waals surface area contributed by atoms with E-state index in [1.807, 2.05) is 12.1 Å². The van der Waals surface area contributed by atoms with Crippen LogP contribution in [0.3, 0.4) is 0 Å². The van der Waals surface area contributed by atoms with Crippen molar-refractivity contribution in [3.63, 3.8) is 0 Å². The third-order valence-electron chi connectivity index (χ3n) is 13.4. The Labute approximate surface area is 350 Å². The minimum atomic E-state index is -0.478. The number of fused-ring (bicyclic) bond motifs is 17. The van der Waals surface area contributed by atoms with Gasteiger partial charge in [-0.25, -0.2) is 9.97 Å². The molecule has 9 aromatic carbocycles. The zero-order valence-electron chi connectivity index (χ0n) is 32.8. The molecular formula is C57H33N3O. The minimum Gasteiger partial charge on any atom is -0.456 e. The molecule has 282 valence electrons. The molecule has 3 aromatic heterocycles. The van der Waals surface area contributed by atoms with Crippen LogP contribution in [0.15, 0.2) is 205 Å². The molecule has 12 aromatic rings. The Kier molecular flexibility index (Phi) is 6.46. The highest BCUT2D eigenvalue weighted by Gasteiger charge is 2.52. The van der Waals surface area contributed by atoms with Crippen molar-refractivity contribution in [1.29, 1.82) is 0 Å². The summed E-state index contributed by atoms with van der Waals surface area (Å²) in [5.74, 6) is 0.789. The molecule has 0 aliphatic heterocycles. The van der Waals surface area contributed by atoms with Crippen LogP contribution in [-0.2, 0) is 5.41 Å². The van der Waals surface area contributed by atoms with Crippen molar-refractivity contribution in [2.75, 3.05) is 0 Å². The van der Waals surface area contributed by atoms with Crippen LogP contribution < -0.4 is 0 Å². The van der Waals surface area contributed by atoms with Crippen LogP contribution in [0.2, 0.25) is 0 Å². The Morgan fingerprint density at radius 1 is 0.377 bits per heavy atom. The first-order valence-corrected chi connectivity index (χ1v) is 20.9. The highest BCUT2D eigenvalue weighted by molar-refractivity contribution is 6.18. The maximum Gasteiger partial charge on any atom is 0.165 e. The van der Waals surface area contributed by atoms with Gasteiger partial charge in [0.05, 0.1) is 27.5 Å². The third-order valence-corrected chi connectivity index (χ3v) is 13.4. The lowest BCUT2D eigenvalue weighted by Gasteiger charge is -2.30. The number of furan rings is 1. The normalized spacial score (nSPS) is 13.4. The number of rotatable bonds is 3. The SMILES string of the molecule is c1ccc(-c2ccc3c(c2)c2cc4oc5ccccc5c4cc2n3-c2nc3ccccc3nc2-c2cccc3c2-c2ccccc2C32c3ccccc3-c3ccccc32)cc1. The molecule has 0 amide bonds. The average Bonchev–Trinajstić information content (AvgIpc) is 4.04. The molecule has 0 unspecified atom stereocenters. The number of hydrogen-bond acceptors (Lipinski definition) is 3. The number of aromatic nitrogens is 3. The molecule has 2 aliphatic rings. The van der Waals surface area contributed by atoms with Crippen molar-refractivity contribution < 1.29 is 4.42 Å². The maximum absolute atomic E-state index is 6.53. The maximum atomic E-state index is 6.53. The quantitative estimate of drug-likeness (QED) is 0.180. The van der Waals surface area contributed by atoms with E-state index < -0.39 is 5.41 Å². The van der Waals surface area contributed by atoms with E-state index in [1.165, 1.54) is 50.1 Å². The minimum absolute atomic E-state index is 0.478. The first-order chi connectivity index (χ1) is 30.3. The van der Waals surface area contributed by atoms with Crippen LogP contribution in [0.5, 0.6) is 0 Å². The lowest BCUT2D eigenvalue weighted by atomic mass is 9.70. The molecule has 61 heavy (non-hydrogen) atoms. The van der Waals surface area contributed by atoms with Gasteiger partial charge >= 0.3 is 0 Å². The summed E-state index contributed by atoms with van der Waals surface area (Å²) in [5.41, 5.74) is 19.5. The van der Waals surface area contributed by atoms with E-state index >= 15 is 0 Å². The first-order valence-electron chi connectivity index (χ1n) is 20.9. The lowest BCUT2D eigenvalue weighted by Crippen LogP contribution is -2.25. The first kappa shape index (κ1) is 32.8. The second-order valence-electron chi connectivity index (χ2n) is 16.4. The van der Waals surface area contributed by atoms with Gasteiger partial charge in [-0.1, -0.05) is 158 Å². The van der Waals surface area contributed by atoms with Crippen molar-refractivity contribution in [2.45, 2.75) is 5.41 Å². The van der Waals surface area contributed by atoms with E-state index in [0.29, 0.717) is 0 Å². The lowest BCUT2D eigenvalue weighted by molar-refractivity contribution is 0.669. The van der Waals surface area contributed by atoms with Gasteiger partial charge in [-0.05, 0) is 98.1 Å². The Bertz CT molecular complexity index is 3790. The summed E-state index contributed by atoms with van der Waals surface area (Å²) in [7, 11) is 0. The fourth-order valence-corrected chi connectivity index (χ4v) is 10.9. The van der Waals surface area contributed by atoms with E-state index in [4.69, 9.17) is 14.4 Å². The van der Waals surface area contributed by atoms with Gasteiger partial charge in [0, 0.05) is 27.1 Å². The number of nitrogens with zero attached hydrogens (tertiary/aromatic N) is 3. The van der Waals surface area contributed by atoms with E-state index in [0.717, 1.165) is 77.4 Å². The Balaban J connectivity index is 1.12. The second kappa shape index (κ2) is 12.0. The van der Waals surface area contributed by atoms with Gasteiger partial charge in [0.25, 0.3) is 0 Å². The summed E-state index contributed by atoms with van der Waals surface area (Å²) in [5, 5.41) is 4.38. The van der Waals surface area contributed by atoms with Gasteiger partial charge in [0.2, 0.25) is 0 Å². The Hall–Kier alpha value is -8.08. The fourth-order valence-electron chi connectivity index (χ4n) is 10.9. The molecular weight excluding hydrogens is 743 g/mol. The van der Waals surface area contributed by atoms with Gasteiger partial charge in [-0.15, -0.1) is 0 Å². The van der Waals surface area contributed by atoms with E-state index in [-0.39, 0.29) is 0 Å². The highest BCUT2D eigenvalue weighted by atomic mass is 16.3. The van der Waals surface area contributed by atoms with Crippen LogP contribution in [0.25, 0.3) is 105 Å².